The average Bonchev–Trinajstić information content (AvgIpc) is 3.09. The van der Waals surface area contributed by atoms with Gasteiger partial charge in [-0.1, -0.05) is 12.8 Å². The lowest BCUT2D eigenvalue weighted by Gasteiger charge is -2.23. The minimum Gasteiger partial charge on any atom is -0.298 e. The second kappa shape index (κ2) is 4.50. The molecule has 17 heavy (non-hydrogen) atoms. The van der Waals surface area contributed by atoms with Crippen molar-refractivity contribution in [2.45, 2.75) is 44.2 Å². The number of nitriles is 1. The summed E-state index contributed by atoms with van der Waals surface area (Å²) in [6.07, 6.45) is 10.2. The molecular weight excluding hydrogens is 212 g/mol. The fraction of sp³-hybridized carbons (Fsp3) is 0.692. The Balaban J connectivity index is 1.65. The number of rotatable bonds is 2. The maximum absolute atomic E-state index is 8.80. The molecule has 1 saturated heterocycles. The Labute approximate surface area is 102 Å². The molecule has 90 valence electrons. The van der Waals surface area contributed by atoms with E-state index in [4.69, 9.17) is 5.26 Å². The topological polar surface area (TPSA) is 44.9 Å². The molecule has 4 nitrogen and oxygen atoms in total. The molecule has 1 aliphatic carbocycles. The summed E-state index contributed by atoms with van der Waals surface area (Å²) in [4.78, 5) is 2.62. The van der Waals surface area contributed by atoms with Crippen molar-refractivity contribution < 1.29 is 0 Å². The van der Waals surface area contributed by atoms with Crippen LogP contribution in [0.25, 0.3) is 0 Å². The molecule has 2 heterocycles. The summed E-state index contributed by atoms with van der Waals surface area (Å²) in [5.41, 5.74) is 0.671. The molecule has 0 bridgehead atoms. The van der Waals surface area contributed by atoms with E-state index < -0.39 is 0 Å². The molecule has 0 spiro atoms. The van der Waals surface area contributed by atoms with Crippen molar-refractivity contribution in [1.82, 2.24) is 14.7 Å². The molecule has 0 radical (unpaired) electrons. The van der Waals surface area contributed by atoms with Crippen LogP contribution >= 0.6 is 0 Å². The van der Waals surface area contributed by atoms with Gasteiger partial charge in [-0.15, -0.1) is 0 Å². The van der Waals surface area contributed by atoms with Crippen molar-refractivity contribution in [1.29, 1.82) is 5.26 Å². The molecule has 1 unspecified atom stereocenters. The van der Waals surface area contributed by atoms with E-state index in [-0.39, 0.29) is 0 Å². The molecule has 1 aromatic heterocycles. The molecule has 3 rings (SSSR count). The molecule has 2 fully saturated rings. The third kappa shape index (κ3) is 2.07. The Morgan fingerprint density at radius 3 is 2.76 bits per heavy atom. The highest BCUT2D eigenvalue weighted by atomic mass is 15.3. The number of nitrogens with zero attached hydrogens (tertiary/aromatic N) is 4. The average molecular weight is 230 g/mol. The maximum Gasteiger partial charge on any atom is 0.102 e. The van der Waals surface area contributed by atoms with Gasteiger partial charge in [0.1, 0.15) is 6.07 Å². The molecule has 0 aromatic carbocycles. The van der Waals surface area contributed by atoms with Crippen molar-refractivity contribution in [3.05, 3.63) is 18.0 Å². The zero-order valence-corrected chi connectivity index (χ0v) is 10.0. The summed E-state index contributed by atoms with van der Waals surface area (Å²) in [5.74, 6) is 0. The number of aromatic nitrogens is 2. The summed E-state index contributed by atoms with van der Waals surface area (Å²) < 4.78 is 1.98. The third-order valence-corrected chi connectivity index (χ3v) is 4.14. The molecule has 0 N–H and O–H groups in total. The number of hydrogen-bond donors (Lipinski definition) is 0. The molecule has 4 heteroatoms. The van der Waals surface area contributed by atoms with E-state index in [1.807, 2.05) is 10.9 Å². The Hall–Kier alpha value is -1.34. The van der Waals surface area contributed by atoms with Crippen LogP contribution in [0, 0.1) is 11.3 Å². The Morgan fingerprint density at radius 1 is 1.24 bits per heavy atom. The zero-order chi connectivity index (χ0) is 11.7. The van der Waals surface area contributed by atoms with E-state index in [1.165, 1.54) is 38.6 Å². The first kappa shape index (κ1) is 10.8. The summed E-state index contributed by atoms with van der Waals surface area (Å²) in [6, 6.07) is 3.42. The van der Waals surface area contributed by atoms with Crippen LogP contribution < -0.4 is 0 Å². The van der Waals surface area contributed by atoms with E-state index in [0.29, 0.717) is 11.6 Å². The Kier molecular flexibility index (Phi) is 2.86. The van der Waals surface area contributed by atoms with Gasteiger partial charge in [0, 0.05) is 25.3 Å². The van der Waals surface area contributed by atoms with Gasteiger partial charge in [-0.2, -0.15) is 10.4 Å². The van der Waals surface area contributed by atoms with Crippen LogP contribution in [0.5, 0.6) is 0 Å². The largest absolute Gasteiger partial charge is 0.298 e. The summed E-state index contributed by atoms with van der Waals surface area (Å²) in [6.45, 7) is 2.30. The molecule has 2 aliphatic rings. The fourth-order valence-electron chi connectivity index (χ4n) is 3.18. The van der Waals surface area contributed by atoms with Crippen molar-refractivity contribution in [2.24, 2.45) is 0 Å². The van der Waals surface area contributed by atoms with E-state index in [9.17, 15) is 0 Å². The van der Waals surface area contributed by atoms with Crippen LogP contribution in [0.15, 0.2) is 12.4 Å². The van der Waals surface area contributed by atoms with Crippen LogP contribution in [-0.4, -0.2) is 33.8 Å². The van der Waals surface area contributed by atoms with Gasteiger partial charge in [-0.05, 0) is 19.3 Å². The van der Waals surface area contributed by atoms with Gasteiger partial charge >= 0.3 is 0 Å². The number of hydrogen-bond acceptors (Lipinski definition) is 3. The molecule has 1 atom stereocenters. The van der Waals surface area contributed by atoms with E-state index in [2.05, 4.69) is 16.1 Å². The lowest BCUT2D eigenvalue weighted by atomic mass is 10.2. The first-order valence-electron chi connectivity index (χ1n) is 6.55. The highest BCUT2D eigenvalue weighted by molar-refractivity contribution is 5.22. The molecule has 1 saturated carbocycles. The van der Waals surface area contributed by atoms with E-state index in [0.717, 1.165) is 12.6 Å². The number of likely N-dealkylation sites (tertiary alicyclic amines) is 1. The minimum absolute atomic E-state index is 0.470. The quantitative estimate of drug-likeness (QED) is 0.780. The normalized spacial score (nSPS) is 26.4. The van der Waals surface area contributed by atoms with Gasteiger partial charge in [-0.3, -0.25) is 9.58 Å². The van der Waals surface area contributed by atoms with Crippen molar-refractivity contribution in [3.8, 4) is 6.07 Å². The standard InChI is InChI=1S/C13H18N4/c14-7-11-8-15-17(9-11)13-5-6-16(10-13)12-3-1-2-4-12/h8-9,12-13H,1-6,10H2. The second-order valence-electron chi connectivity index (χ2n) is 5.20. The van der Waals surface area contributed by atoms with Crippen LogP contribution in [0.1, 0.15) is 43.7 Å². The summed E-state index contributed by atoms with van der Waals surface area (Å²) in [5, 5.41) is 13.1. The zero-order valence-electron chi connectivity index (χ0n) is 10.0. The molecule has 0 amide bonds. The fourth-order valence-corrected chi connectivity index (χ4v) is 3.18. The molecule has 1 aromatic rings. The third-order valence-electron chi connectivity index (χ3n) is 4.14. The Morgan fingerprint density at radius 2 is 2.06 bits per heavy atom. The van der Waals surface area contributed by atoms with Gasteiger partial charge in [-0.25, -0.2) is 0 Å². The lowest BCUT2D eigenvalue weighted by molar-refractivity contribution is 0.235. The first-order chi connectivity index (χ1) is 8.36. The molecular formula is C13H18N4. The van der Waals surface area contributed by atoms with Crippen LogP contribution in [0.3, 0.4) is 0 Å². The van der Waals surface area contributed by atoms with Gasteiger partial charge in [0.25, 0.3) is 0 Å². The Bertz CT molecular complexity index is 425. The van der Waals surface area contributed by atoms with Crippen LogP contribution in [0.2, 0.25) is 0 Å². The van der Waals surface area contributed by atoms with E-state index in [1.54, 1.807) is 6.20 Å². The smallest absolute Gasteiger partial charge is 0.102 e. The van der Waals surface area contributed by atoms with E-state index >= 15 is 0 Å². The predicted molar refractivity (Wildman–Crippen MR) is 64.4 cm³/mol. The monoisotopic (exact) mass is 230 g/mol. The van der Waals surface area contributed by atoms with Crippen LogP contribution in [-0.2, 0) is 0 Å². The van der Waals surface area contributed by atoms with Crippen molar-refractivity contribution in [2.75, 3.05) is 13.1 Å². The van der Waals surface area contributed by atoms with Gasteiger partial charge < -0.3 is 0 Å². The minimum atomic E-state index is 0.470. The SMILES string of the molecule is N#Cc1cnn(C2CCN(C3CCCC3)C2)c1. The highest BCUT2D eigenvalue weighted by Gasteiger charge is 2.30. The van der Waals surface area contributed by atoms with Crippen molar-refractivity contribution >= 4 is 0 Å². The summed E-state index contributed by atoms with van der Waals surface area (Å²) in [7, 11) is 0. The first-order valence-corrected chi connectivity index (χ1v) is 6.55. The van der Waals surface area contributed by atoms with Gasteiger partial charge in [0.2, 0.25) is 0 Å². The molecule has 1 aliphatic heterocycles. The predicted octanol–water partition coefficient (Wildman–Crippen LogP) is 1.94. The highest BCUT2D eigenvalue weighted by Crippen LogP contribution is 2.30. The maximum atomic E-state index is 8.80. The van der Waals surface area contributed by atoms with Gasteiger partial charge in [0.05, 0.1) is 17.8 Å². The summed E-state index contributed by atoms with van der Waals surface area (Å²) >= 11 is 0. The van der Waals surface area contributed by atoms with Crippen molar-refractivity contribution in [3.63, 3.8) is 0 Å². The van der Waals surface area contributed by atoms with Crippen LogP contribution in [0.4, 0.5) is 0 Å². The second-order valence-corrected chi connectivity index (χ2v) is 5.20. The lowest BCUT2D eigenvalue weighted by Crippen LogP contribution is -2.31. The van der Waals surface area contributed by atoms with Gasteiger partial charge in [0.15, 0.2) is 0 Å².